The third-order valence-electron chi connectivity index (χ3n) is 3.37. The van der Waals surface area contributed by atoms with Crippen molar-refractivity contribution in [3.63, 3.8) is 0 Å². The third-order valence-corrected chi connectivity index (χ3v) is 4.98. The predicted octanol–water partition coefficient (Wildman–Crippen LogP) is 4.04. The smallest absolute Gasteiger partial charge is 0.231 e. The number of rotatable bonds is 2. The lowest BCUT2D eigenvalue weighted by molar-refractivity contribution is -0.115. The molecule has 0 N–H and O–H groups in total. The van der Waals surface area contributed by atoms with Gasteiger partial charge in [-0.05, 0) is 31.0 Å². The zero-order chi connectivity index (χ0) is 12.1. The lowest BCUT2D eigenvalue weighted by Gasteiger charge is -2.04. The van der Waals surface area contributed by atoms with Crippen LogP contribution in [-0.4, -0.2) is 9.58 Å². The van der Waals surface area contributed by atoms with Crippen molar-refractivity contribution < 1.29 is 4.79 Å². The minimum atomic E-state index is -1.10. The third kappa shape index (κ3) is 1.49. The van der Waals surface area contributed by atoms with Gasteiger partial charge in [-0.1, -0.05) is 53.0 Å². The molecule has 0 radical (unpaired) electrons. The van der Waals surface area contributed by atoms with Gasteiger partial charge in [0.25, 0.3) is 0 Å². The van der Waals surface area contributed by atoms with Gasteiger partial charge in [0.15, 0.2) is 0 Å². The van der Waals surface area contributed by atoms with Gasteiger partial charge >= 0.3 is 0 Å². The van der Waals surface area contributed by atoms with Gasteiger partial charge in [0.1, 0.15) is 4.33 Å². The Labute approximate surface area is 110 Å². The molecule has 16 heavy (non-hydrogen) atoms. The van der Waals surface area contributed by atoms with E-state index >= 15 is 0 Å². The molecule has 0 heterocycles. The number of halogens is 3. The number of carbonyl (C=O) groups excluding carboxylic acids is 1. The Bertz CT molecular complexity index is 438. The molecule has 1 saturated carbocycles. The van der Waals surface area contributed by atoms with Gasteiger partial charge in [-0.15, -0.1) is 0 Å². The molecular weight excluding hydrogens is 266 g/mol. The van der Waals surface area contributed by atoms with Crippen molar-refractivity contribution in [3.05, 3.63) is 35.4 Å². The molecule has 0 aliphatic heterocycles. The summed E-state index contributed by atoms with van der Waals surface area (Å²) in [6, 6.07) is 7.81. The minimum Gasteiger partial charge on any atom is -0.281 e. The van der Waals surface area contributed by atoms with Gasteiger partial charge in [0, 0.05) is 5.92 Å². The molecule has 1 aromatic carbocycles. The van der Waals surface area contributed by atoms with Crippen molar-refractivity contribution in [3.8, 4) is 0 Å². The average molecular weight is 278 g/mol. The van der Waals surface area contributed by atoms with E-state index in [0.29, 0.717) is 0 Å². The second-order valence-corrected chi connectivity index (χ2v) is 6.17. The van der Waals surface area contributed by atoms with E-state index in [1.165, 1.54) is 0 Å². The van der Waals surface area contributed by atoms with E-state index in [0.717, 1.165) is 11.1 Å². The zero-order valence-corrected chi connectivity index (χ0v) is 11.2. The highest BCUT2D eigenvalue weighted by molar-refractivity contribution is 6.69. The number of hydrogen-bond acceptors (Lipinski definition) is 1. The van der Waals surface area contributed by atoms with Gasteiger partial charge in [0.05, 0.1) is 5.41 Å². The number of benzene rings is 1. The summed E-state index contributed by atoms with van der Waals surface area (Å²) >= 11 is 17.9. The van der Waals surface area contributed by atoms with Crippen LogP contribution in [0.25, 0.3) is 0 Å². The van der Waals surface area contributed by atoms with Gasteiger partial charge in [-0.25, -0.2) is 0 Å². The Kier molecular flexibility index (Phi) is 2.77. The fourth-order valence-electron chi connectivity index (χ4n) is 2.08. The summed E-state index contributed by atoms with van der Waals surface area (Å²) in [4.78, 5) is 11.4. The van der Waals surface area contributed by atoms with Crippen LogP contribution in [0.1, 0.15) is 24.0 Å². The van der Waals surface area contributed by atoms with Crippen LogP contribution in [0.4, 0.5) is 0 Å². The van der Waals surface area contributed by atoms with E-state index in [2.05, 4.69) is 0 Å². The second kappa shape index (κ2) is 3.63. The first-order valence-electron chi connectivity index (χ1n) is 4.96. The topological polar surface area (TPSA) is 17.1 Å². The first-order chi connectivity index (χ1) is 7.31. The monoisotopic (exact) mass is 276 g/mol. The molecule has 0 amide bonds. The van der Waals surface area contributed by atoms with E-state index in [9.17, 15) is 4.79 Å². The highest BCUT2D eigenvalue weighted by atomic mass is 35.5. The fraction of sp³-hybridized carbons (Fsp3) is 0.417. The molecule has 2 rings (SSSR count). The predicted molar refractivity (Wildman–Crippen MR) is 67.3 cm³/mol. The Morgan fingerprint density at radius 1 is 1.25 bits per heavy atom. The summed E-state index contributed by atoms with van der Waals surface area (Å²) in [5, 5.41) is -0.483. The van der Waals surface area contributed by atoms with Crippen LogP contribution in [0.15, 0.2) is 24.3 Å². The molecule has 86 valence electrons. The number of carbonyl (C=O) groups is 1. The number of hydrogen-bond donors (Lipinski definition) is 0. The molecule has 0 aromatic heterocycles. The minimum absolute atomic E-state index is 0.228. The van der Waals surface area contributed by atoms with E-state index < -0.39 is 15.0 Å². The van der Waals surface area contributed by atoms with Crippen molar-refractivity contribution in [2.24, 2.45) is 5.41 Å². The molecule has 0 saturated heterocycles. The Hall–Kier alpha value is -0.240. The van der Waals surface area contributed by atoms with E-state index in [1.54, 1.807) is 6.92 Å². The molecular formula is C12H11Cl3O. The Morgan fingerprint density at radius 3 is 2.12 bits per heavy atom. The van der Waals surface area contributed by atoms with Crippen LogP contribution in [0.5, 0.6) is 0 Å². The first kappa shape index (κ1) is 12.2. The maximum atomic E-state index is 11.4. The number of aryl methyl sites for hydroxylation is 1. The standard InChI is InChI=1S/C12H11Cl3O/c1-7-3-5-8(6-4-7)9-11(2,10(13)16)12(9,14)15/h3-6,9H,1-2H3. The first-order valence-corrected chi connectivity index (χ1v) is 6.09. The fourth-order valence-corrected chi connectivity index (χ4v) is 3.40. The van der Waals surface area contributed by atoms with Gasteiger partial charge < -0.3 is 0 Å². The van der Waals surface area contributed by atoms with E-state index in [4.69, 9.17) is 34.8 Å². The normalized spacial score (nSPS) is 31.2. The van der Waals surface area contributed by atoms with Crippen molar-refractivity contribution in [1.82, 2.24) is 0 Å². The maximum Gasteiger partial charge on any atom is 0.231 e. The Morgan fingerprint density at radius 2 is 1.75 bits per heavy atom. The summed E-state index contributed by atoms with van der Waals surface area (Å²) in [5.41, 5.74) is 1.22. The highest BCUT2D eigenvalue weighted by Crippen LogP contribution is 2.74. The van der Waals surface area contributed by atoms with Gasteiger partial charge in [0.2, 0.25) is 5.24 Å². The average Bonchev–Trinajstić information content (AvgIpc) is 2.65. The molecule has 1 nitrogen and oxygen atoms in total. The molecule has 2 atom stereocenters. The molecule has 1 aromatic rings. The lowest BCUT2D eigenvalue weighted by atomic mass is 10.0. The van der Waals surface area contributed by atoms with Crippen LogP contribution in [0, 0.1) is 12.3 Å². The summed E-state index contributed by atoms with van der Waals surface area (Å²) in [6.45, 7) is 3.70. The molecule has 0 bridgehead atoms. The van der Waals surface area contributed by atoms with Crippen molar-refractivity contribution in [2.45, 2.75) is 24.1 Å². The van der Waals surface area contributed by atoms with E-state index in [-0.39, 0.29) is 5.92 Å². The highest BCUT2D eigenvalue weighted by Gasteiger charge is 2.77. The lowest BCUT2D eigenvalue weighted by Crippen LogP contribution is -2.12. The maximum absolute atomic E-state index is 11.4. The second-order valence-electron chi connectivity index (χ2n) is 4.44. The van der Waals surface area contributed by atoms with Crippen molar-refractivity contribution in [2.75, 3.05) is 0 Å². The summed E-state index contributed by atoms with van der Waals surface area (Å²) in [5.74, 6) is -0.228. The van der Waals surface area contributed by atoms with Crippen LogP contribution in [0.3, 0.4) is 0 Å². The summed E-state index contributed by atoms with van der Waals surface area (Å²) in [6.07, 6.45) is 0. The van der Waals surface area contributed by atoms with Gasteiger partial charge in [-0.3, -0.25) is 4.79 Å². The molecule has 4 heteroatoms. The van der Waals surface area contributed by atoms with Crippen LogP contribution in [0.2, 0.25) is 0 Å². The quantitative estimate of drug-likeness (QED) is 0.589. The zero-order valence-electron chi connectivity index (χ0n) is 8.93. The summed E-state index contributed by atoms with van der Waals surface area (Å²) in [7, 11) is 0. The SMILES string of the molecule is Cc1ccc(C2C(Cl)(Cl)C2(C)C(=O)Cl)cc1. The van der Waals surface area contributed by atoms with Crippen LogP contribution >= 0.6 is 34.8 Å². The Balaban J connectivity index is 2.38. The van der Waals surface area contributed by atoms with E-state index in [1.807, 2.05) is 31.2 Å². The molecule has 1 aliphatic rings. The van der Waals surface area contributed by atoms with Crippen LogP contribution < -0.4 is 0 Å². The largest absolute Gasteiger partial charge is 0.281 e. The molecule has 0 spiro atoms. The molecule has 2 unspecified atom stereocenters. The van der Waals surface area contributed by atoms with Crippen molar-refractivity contribution in [1.29, 1.82) is 0 Å². The molecule has 1 fully saturated rings. The van der Waals surface area contributed by atoms with Crippen LogP contribution in [-0.2, 0) is 4.79 Å². The van der Waals surface area contributed by atoms with Gasteiger partial charge in [-0.2, -0.15) is 0 Å². The van der Waals surface area contributed by atoms with Crippen molar-refractivity contribution >= 4 is 40.0 Å². The summed E-state index contributed by atoms with van der Waals surface area (Å²) < 4.78 is -1.10. The number of alkyl halides is 2. The molecule has 1 aliphatic carbocycles.